The highest BCUT2D eigenvalue weighted by molar-refractivity contribution is 9.10. The third-order valence-corrected chi connectivity index (χ3v) is 4.88. The first-order chi connectivity index (χ1) is 14.1. The Hall–Kier alpha value is -3.07. The molecule has 30 heavy (non-hydrogen) atoms. The van der Waals surface area contributed by atoms with E-state index in [0.29, 0.717) is 11.5 Å². The number of benzene rings is 2. The van der Waals surface area contributed by atoms with E-state index in [9.17, 15) is 18.0 Å². The smallest absolute Gasteiger partial charge is 0.406 e. The van der Waals surface area contributed by atoms with Gasteiger partial charge in [-0.3, -0.25) is 9.48 Å². The van der Waals surface area contributed by atoms with Crippen LogP contribution in [0.25, 0.3) is 17.3 Å². The number of hydrogen-bond acceptors (Lipinski definition) is 3. The highest BCUT2D eigenvalue weighted by Crippen LogP contribution is 2.30. The molecule has 0 fully saturated rings. The fourth-order valence-electron chi connectivity index (χ4n) is 2.97. The molecular formula is C21H17BrF3N3O2. The molecule has 1 aromatic heterocycles. The van der Waals surface area contributed by atoms with Gasteiger partial charge in [-0.25, -0.2) is 0 Å². The maximum absolute atomic E-state index is 12.8. The number of nitrogens with one attached hydrogen (secondary N) is 1. The molecule has 0 saturated heterocycles. The van der Waals surface area contributed by atoms with E-state index in [0.717, 1.165) is 27.7 Å². The molecular weight excluding hydrogens is 463 g/mol. The second kappa shape index (κ2) is 8.35. The molecule has 3 rings (SSSR count). The lowest BCUT2D eigenvalue weighted by atomic mass is 10.1. The number of carbonyl (C=O) groups is 1. The Labute approximate surface area is 179 Å². The summed E-state index contributed by atoms with van der Waals surface area (Å²) in [5.74, 6) is -0.455. The Morgan fingerprint density at radius 2 is 1.90 bits per heavy atom. The van der Waals surface area contributed by atoms with Crippen LogP contribution in [0.15, 0.2) is 53.5 Å². The van der Waals surface area contributed by atoms with E-state index >= 15 is 0 Å². The Morgan fingerprint density at radius 3 is 2.50 bits per heavy atom. The van der Waals surface area contributed by atoms with Crippen molar-refractivity contribution in [2.45, 2.75) is 13.3 Å². The van der Waals surface area contributed by atoms with Crippen LogP contribution >= 0.6 is 15.9 Å². The first-order valence-corrected chi connectivity index (χ1v) is 9.51. The number of alkyl halides is 3. The third-order valence-electron chi connectivity index (χ3n) is 4.35. The van der Waals surface area contributed by atoms with Crippen LogP contribution in [0, 0.1) is 6.92 Å². The summed E-state index contributed by atoms with van der Waals surface area (Å²) in [6, 6.07) is 11.0. The molecule has 3 aromatic rings. The molecule has 156 valence electrons. The van der Waals surface area contributed by atoms with Crippen molar-refractivity contribution in [3.63, 3.8) is 0 Å². The van der Waals surface area contributed by atoms with E-state index in [-0.39, 0.29) is 11.1 Å². The quantitative estimate of drug-likeness (QED) is 0.491. The lowest BCUT2D eigenvalue weighted by molar-refractivity contribution is -0.274. The number of halogens is 4. The molecule has 0 spiro atoms. The normalized spacial score (nSPS) is 11.3. The summed E-state index contributed by atoms with van der Waals surface area (Å²) in [6.45, 7) is 5.39. The highest BCUT2D eigenvalue weighted by atomic mass is 79.9. The van der Waals surface area contributed by atoms with Gasteiger partial charge < -0.3 is 10.1 Å². The van der Waals surface area contributed by atoms with Gasteiger partial charge in [-0.15, -0.1) is 13.2 Å². The minimum absolute atomic E-state index is 0.158. The van der Waals surface area contributed by atoms with E-state index in [1.54, 1.807) is 11.7 Å². The zero-order chi connectivity index (χ0) is 22.1. The number of carbonyl (C=O) groups excluding carboxylic acids is 1. The van der Waals surface area contributed by atoms with Gasteiger partial charge in [0.2, 0.25) is 0 Å². The SMILES string of the molecule is C=Cc1cc(OC(F)(F)F)ccc1C(=O)Nc1c(C)c(-c2ccc(Br)cc2)nn1C. The summed E-state index contributed by atoms with van der Waals surface area (Å²) < 4.78 is 43.7. The fraction of sp³-hybridized carbons (Fsp3) is 0.143. The fourth-order valence-corrected chi connectivity index (χ4v) is 3.24. The number of ether oxygens (including phenoxy) is 1. The topological polar surface area (TPSA) is 56.1 Å². The number of amides is 1. The summed E-state index contributed by atoms with van der Waals surface area (Å²) in [4.78, 5) is 12.8. The van der Waals surface area contributed by atoms with E-state index < -0.39 is 18.0 Å². The maximum atomic E-state index is 12.8. The minimum Gasteiger partial charge on any atom is -0.406 e. The van der Waals surface area contributed by atoms with Crippen molar-refractivity contribution in [2.24, 2.45) is 7.05 Å². The Morgan fingerprint density at radius 1 is 1.23 bits per heavy atom. The number of aromatic nitrogens is 2. The lowest BCUT2D eigenvalue weighted by Crippen LogP contribution is -2.18. The van der Waals surface area contributed by atoms with E-state index in [4.69, 9.17) is 0 Å². The average molecular weight is 480 g/mol. The van der Waals surface area contributed by atoms with Crippen LogP contribution in [0.3, 0.4) is 0 Å². The molecule has 5 nitrogen and oxygen atoms in total. The van der Waals surface area contributed by atoms with Crippen LogP contribution < -0.4 is 10.1 Å². The molecule has 0 saturated carbocycles. The maximum Gasteiger partial charge on any atom is 0.573 e. The van der Waals surface area contributed by atoms with Crippen molar-refractivity contribution in [2.75, 3.05) is 5.32 Å². The van der Waals surface area contributed by atoms with Crippen LogP contribution in [-0.2, 0) is 7.05 Å². The molecule has 0 aliphatic heterocycles. The third kappa shape index (κ3) is 4.73. The van der Waals surface area contributed by atoms with Crippen molar-refractivity contribution in [1.82, 2.24) is 9.78 Å². The van der Waals surface area contributed by atoms with Crippen LogP contribution in [-0.4, -0.2) is 22.1 Å². The van der Waals surface area contributed by atoms with Gasteiger partial charge in [0, 0.05) is 28.2 Å². The molecule has 0 aliphatic rings. The summed E-state index contributed by atoms with van der Waals surface area (Å²) >= 11 is 3.39. The standard InChI is InChI=1S/C21H17BrF3N3O2/c1-4-13-11-16(30-21(23,24)25)9-10-17(13)20(29)26-19-12(2)18(27-28(19)3)14-5-7-15(22)8-6-14/h4-11H,1H2,2-3H3,(H,26,29). The molecule has 0 unspecified atom stereocenters. The van der Waals surface area contributed by atoms with Gasteiger partial charge in [0.05, 0.1) is 5.69 Å². The molecule has 1 N–H and O–H groups in total. The summed E-state index contributed by atoms with van der Waals surface area (Å²) in [7, 11) is 1.69. The van der Waals surface area contributed by atoms with E-state index in [2.05, 4.69) is 37.7 Å². The zero-order valence-electron chi connectivity index (χ0n) is 16.0. The molecule has 1 heterocycles. The Bertz CT molecular complexity index is 1110. The summed E-state index contributed by atoms with van der Waals surface area (Å²) in [6.07, 6.45) is -3.53. The van der Waals surface area contributed by atoms with Crippen molar-refractivity contribution in [3.8, 4) is 17.0 Å². The minimum atomic E-state index is -4.82. The number of nitrogens with zero attached hydrogens (tertiary/aromatic N) is 2. The van der Waals surface area contributed by atoms with Crippen molar-refractivity contribution < 1.29 is 22.7 Å². The van der Waals surface area contributed by atoms with Gasteiger partial charge in [0.1, 0.15) is 11.6 Å². The first kappa shape index (κ1) is 21.6. The molecule has 0 atom stereocenters. The average Bonchev–Trinajstić information content (AvgIpc) is 2.95. The monoisotopic (exact) mass is 479 g/mol. The van der Waals surface area contributed by atoms with Gasteiger partial charge in [-0.1, -0.05) is 40.7 Å². The second-order valence-corrected chi connectivity index (χ2v) is 7.32. The summed E-state index contributed by atoms with van der Waals surface area (Å²) in [5.41, 5.74) is 2.71. The van der Waals surface area contributed by atoms with Gasteiger partial charge in [-0.2, -0.15) is 5.10 Å². The number of hydrogen-bond donors (Lipinski definition) is 1. The Balaban J connectivity index is 1.89. The molecule has 0 aliphatic carbocycles. The molecule has 0 bridgehead atoms. The summed E-state index contributed by atoms with van der Waals surface area (Å²) in [5, 5.41) is 7.26. The number of aryl methyl sites for hydroxylation is 1. The molecule has 1 amide bonds. The second-order valence-electron chi connectivity index (χ2n) is 6.41. The van der Waals surface area contributed by atoms with Gasteiger partial charge in [0.25, 0.3) is 5.91 Å². The highest BCUT2D eigenvalue weighted by Gasteiger charge is 2.31. The molecule has 2 aromatic carbocycles. The largest absolute Gasteiger partial charge is 0.573 e. The van der Waals surface area contributed by atoms with Crippen molar-refractivity contribution in [3.05, 3.63) is 70.2 Å². The van der Waals surface area contributed by atoms with Gasteiger partial charge in [0.15, 0.2) is 0 Å². The van der Waals surface area contributed by atoms with Gasteiger partial charge in [-0.05, 0) is 42.8 Å². The first-order valence-electron chi connectivity index (χ1n) is 8.72. The molecule has 0 radical (unpaired) electrons. The van der Waals surface area contributed by atoms with Crippen LogP contribution in [0.2, 0.25) is 0 Å². The lowest BCUT2D eigenvalue weighted by Gasteiger charge is -2.12. The predicted molar refractivity (Wildman–Crippen MR) is 112 cm³/mol. The van der Waals surface area contributed by atoms with Gasteiger partial charge >= 0.3 is 6.36 Å². The van der Waals surface area contributed by atoms with Crippen molar-refractivity contribution in [1.29, 1.82) is 0 Å². The van der Waals surface area contributed by atoms with Crippen LogP contribution in [0.5, 0.6) is 5.75 Å². The van der Waals surface area contributed by atoms with Crippen LogP contribution in [0.1, 0.15) is 21.5 Å². The predicted octanol–water partition coefficient (Wildman–Crippen LogP) is 5.95. The Kier molecular flexibility index (Phi) is 6.02. The van der Waals surface area contributed by atoms with E-state index in [1.807, 2.05) is 31.2 Å². The number of rotatable bonds is 5. The molecule has 9 heteroatoms. The van der Waals surface area contributed by atoms with Crippen molar-refractivity contribution >= 4 is 33.7 Å². The zero-order valence-corrected chi connectivity index (χ0v) is 17.6. The van der Waals surface area contributed by atoms with Crippen LogP contribution in [0.4, 0.5) is 19.0 Å². The number of anilines is 1. The van der Waals surface area contributed by atoms with E-state index in [1.165, 1.54) is 12.1 Å².